The number of carboxylic acid groups (broad SMARTS) is 1. The fourth-order valence-electron chi connectivity index (χ4n) is 5.24. The molecule has 0 bridgehead atoms. The van der Waals surface area contributed by atoms with Crippen LogP contribution >= 0.6 is 11.8 Å². The van der Waals surface area contributed by atoms with Gasteiger partial charge in [0.25, 0.3) is 0 Å². The molecule has 0 unspecified atom stereocenters. The molecular weight excluding hydrogens is 408 g/mol. The van der Waals surface area contributed by atoms with E-state index in [9.17, 15) is 24.6 Å². The molecule has 4 aliphatic heterocycles. The monoisotopic (exact) mass is 438 g/mol. The van der Waals surface area contributed by atoms with E-state index in [4.69, 9.17) is 0 Å². The molecule has 4 N–H and O–H groups in total. The van der Waals surface area contributed by atoms with Gasteiger partial charge in [-0.25, -0.2) is 4.79 Å². The number of likely N-dealkylation sites (N-methyl/N-ethyl adjacent to an activating group) is 1. The number of aliphatic hydroxyl groups is 1. The van der Waals surface area contributed by atoms with E-state index < -0.39 is 18.0 Å². The lowest BCUT2D eigenvalue weighted by molar-refractivity contribution is -0.163. The summed E-state index contributed by atoms with van der Waals surface area (Å²) in [7, 11) is 1.85. The number of carboxylic acids is 1. The number of aliphatic carboxylic acids is 1. The molecule has 30 heavy (non-hydrogen) atoms. The number of β-lactam (4-membered cyclic amide) rings is 1. The molecule has 9 nitrogen and oxygen atoms in total. The van der Waals surface area contributed by atoms with E-state index in [1.54, 1.807) is 6.92 Å². The van der Waals surface area contributed by atoms with E-state index in [1.807, 2.05) is 18.9 Å². The van der Waals surface area contributed by atoms with E-state index in [2.05, 4.69) is 10.6 Å². The van der Waals surface area contributed by atoms with Crippen molar-refractivity contribution in [3.05, 3.63) is 10.6 Å². The minimum absolute atomic E-state index is 0.0447. The third kappa shape index (κ3) is 3.43. The van der Waals surface area contributed by atoms with E-state index in [1.165, 1.54) is 16.7 Å². The number of carbonyl (C=O) groups excluding carboxylic acids is 2. The largest absolute Gasteiger partial charge is 0.477 e. The van der Waals surface area contributed by atoms with Gasteiger partial charge in [-0.1, -0.05) is 6.92 Å². The standard InChI is InChI=1S/C20H30N4O5S/c1-9-15-14(10(2)25)19(27)24(15)16(20(28)29)17(9)30-12-6-13(22-8-12)18(26)23(3)11-4-5-21-7-11/h9-15,21-22,25H,4-8H2,1-3H3,(H,28,29)/t9-,10-,11+,12+,13+,14-,15-/m1/s1. The van der Waals surface area contributed by atoms with Gasteiger partial charge < -0.3 is 30.6 Å². The summed E-state index contributed by atoms with van der Waals surface area (Å²) in [4.78, 5) is 41.1. The van der Waals surface area contributed by atoms with Crippen LogP contribution in [0.4, 0.5) is 0 Å². The first kappa shape index (κ1) is 21.6. The highest BCUT2D eigenvalue weighted by atomic mass is 32.2. The zero-order chi connectivity index (χ0) is 21.7. The highest BCUT2D eigenvalue weighted by molar-refractivity contribution is 8.03. The number of amides is 2. The lowest BCUT2D eigenvalue weighted by Gasteiger charge is -2.46. The number of hydrogen-bond donors (Lipinski definition) is 4. The van der Waals surface area contributed by atoms with Crippen molar-refractivity contribution in [3.8, 4) is 0 Å². The predicted molar refractivity (Wildman–Crippen MR) is 111 cm³/mol. The Morgan fingerprint density at radius 2 is 2.07 bits per heavy atom. The van der Waals surface area contributed by atoms with Crippen molar-refractivity contribution in [2.45, 2.75) is 56.2 Å². The summed E-state index contributed by atoms with van der Waals surface area (Å²) < 4.78 is 0. The van der Waals surface area contributed by atoms with Gasteiger partial charge >= 0.3 is 5.97 Å². The summed E-state index contributed by atoms with van der Waals surface area (Å²) in [5.41, 5.74) is 0.0447. The van der Waals surface area contributed by atoms with Gasteiger partial charge in [-0.3, -0.25) is 9.59 Å². The van der Waals surface area contributed by atoms with Crippen LogP contribution in [0.1, 0.15) is 26.7 Å². The number of nitrogens with zero attached hydrogens (tertiary/aromatic N) is 2. The first-order valence-corrected chi connectivity index (χ1v) is 11.5. The van der Waals surface area contributed by atoms with Crippen LogP contribution in [0.25, 0.3) is 0 Å². The fraction of sp³-hybridized carbons (Fsp3) is 0.750. The molecule has 0 aromatic carbocycles. The van der Waals surface area contributed by atoms with Gasteiger partial charge in [0.15, 0.2) is 0 Å². The molecule has 4 rings (SSSR count). The zero-order valence-corrected chi connectivity index (χ0v) is 18.3. The summed E-state index contributed by atoms with van der Waals surface area (Å²) >= 11 is 1.47. The molecule has 10 heteroatoms. The molecule has 3 saturated heterocycles. The van der Waals surface area contributed by atoms with Crippen molar-refractivity contribution in [1.29, 1.82) is 0 Å². The second-order valence-electron chi connectivity index (χ2n) is 8.80. The van der Waals surface area contributed by atoms with Crippen LogP contribution in [0.3, 0.4) is 0 Å². The Bertz CT molecular complexity index is 781. The van der Waals surface area contributed by atoms with Crippen LogP contribution in [0.2, 0.25) is 0 Å². The van der Waals surface area contributed by atoms with Crippen molar-refractivity contribution in [2.24, 2.45) is 11.8 Å². The maximum Gasteiger partial charge on any atom is 0.353 e. The smallest absolute Gasteiger partial charge is 0.353 e. The SMILES string of the molecule is C[C@@H](O)[C@H]1C(=O)N2C(C(=O)O)=C(S[C@@H]3CN[C@H](C(=O)N(C)[C@H]4CCNC4)C3)[C@H](C)[C@H]12. The maximum absolute atomic E-state index is 12.9. The van der Waals surface area contributed by atoms with Gasteiger partial charge in [-0.15, -0.1) is 11.8 Å². The molecule has 166 valence electrons. The van der Waals surface area contributed by atoms with Crippen LogP contribution in [0, 0.1) is 11.8 Å². The quantitative estimate of drug-likeness (QED) is 0.407. The minimum atomic E-state index is -1.11. The summed E-state index contributed by atoms with van der Waals surface area (Å²) in [5, 5.41) is 26.4. The highest BCUT2D eigenvalue weighted by Gasteiger charge is 2.60. The molecule has 3 fully saturated rings. The topological polar surface area (TPSA) is 122 Å². The number of fused-ring (bicyclic) bond motifs is 1. The van der Waals surface area contributed by atoms with E-state index in [0.29, 0.717) is 17.9 Å². The maximum atomic E-state index is 12.9. The summed E-state index contributed by atoms with van der Waals surface area (Å²) in [6, 6.07) is -0.365. The van der Waals surface area contributed by atoms with Crippen LogP contribution < -0.4 is 10.6 Å². The average molecular weight is 439 g/mol. The minimum Gasteiger partial charge on any atom is -0.477 e. The van der Waals surface area contributed by atoms with Gasteiger partial charge in [0.05, 0.1) is 24.1 Å². The van der Waals surface area contributed by atoms with Crippen molar-refractivity contribution in [1.82, 2.24) is 20.4 Å². The van der Waals surface area contributed by atoms with E-state index in [-0.39, 0.29) is 46.8 Å². The van der Waals surface area contributed by atoms with Crippen molar-refractivity contribution < 1.29 is 24.6 Å². The van der Waals surface area contributed by atoms with E-state index >= 15 is 0 Å². The molecule has 0 aromatic rings. The highest BCUT2D eigenvalue weighted by Crippen LogP contribution is 2.51. The van der Waals surface area contributed by atoms with Gasteiger partial charge in [-0.2, -0.15) is 0 Å². The third-order valence-electron chi connectivity index (χ3n) is 6.92. The lowest BCUT2D eigenvalue weighted by atomic mass is 9.79. The summed E-state index contributed by atoms with van der Waals surface area (Å²) in [6.07, 6.45) is 0.765. The first-order valence-electron chi connectivity index (χ1n) is 10.6. The second-order valence-corrected chi connectivity index (χ2v) is 10.1. The zero-order valence-electron chi connectivity index (χ0n) is 17.5. The molecular formula is C20H30N4O5S. The van der Waals surface area contributed by atoms with Gasteiger partial charge in [0, 0.05) is 42.3 Å². The van der Waals surface area contributed by atoms with Crippen molar-refractivity contribution in [3.63, 3.8) is 0 Å². The first-order chi connectivity index (χ1) is 14.2. The number of carbonyl (C=O) groups is 3. The Hall–Kier alpha value is -1.62. The van der Waals surface area contributed by atoms with Crippen LogP contribution in [0.15, 0.2) is 10.6 Å². The normalized spacial score (nSPS) is 36.7. The second kappa shape index (κ2) is 8.14. The summed E-state index contributed by atoms with van der Waals surface area (Å²) in [6.45, 7) is 5.84. The Kier molecular flexibility index (Phi) is 5.86. The molecule has 4 heterocycles. The average Bonchev–Trinajstić information content (AvgIpc) is 3.41. The number of thioether (sulfide) groups is 1. The number of aliphatic hydroxyl groups excluding tert-OH is 1. The molecule has 0 aliphatic carbocycles. The van der Waals surface area contributed by atoms with E-state index in [0.717, 1.165) is 19.5 Å². The molecule has 4 aliphatic rings. The molecule has 0 saturated carbocycles. The Morgan fingerprint density at radius 3 is 2.67 bits per heavy atom. The van der Waals surface area contributed by atoms with Gasteiger partial charge in [0.2, 0.25) is 11.8 Å². The molecule has 0 spiro atoms. The molecule has 2 amide bonds. The lowest BCUT2D eigenvalue weighted by Crippen LogP contribution is -2.63. The van der Waals surface area contributed by atoms with Gasteiger partial charge in [0.1, 0.15) is 5.70 Å². The van der Waals surface area contributed by atoms with Crippen LogP contribution in [0.5, 0.6) is 0 Å². The van der Waals surface area contributed by atoms with Crippen LogP contribution in [-0.4, -0.2) is 94.0 Å². The number of hydrogen-bond acceptors (Lipinski definition) is 7. The van der Waals surface area contributed by atoms with Crippen LogP contribution in [-0.2, 0) is 14.4 Å². The Morgan fingerprint density at radius 1 is 1.33 bits per heavy atom. The Balaban J connectivity index is 1.44. The van der Waals surface area contributed by atoms with Crippen molar-refractivity contribution >= 4 is 29.5 Å². The van der Waals surface area contributed by atoms with Crippen molar-refractivity contribution in [2.75, 3.05) is 26.7 Å². The summed E-state index contributed by atoms with van der Waals surface area (Å²) in [5.74, 6) is -2.07. The Labute approximate surface area is 180 Å². The molecule has 7 atom stereocenters. The third-order valence-corrected chi connectivity index (χ3v) is 8.43. The fourth-order valence-corrected chi connectivity index (χ4v) is 6.71. The van der Waals surface area contributed by atoms with Gasteiger partial charge in [-0.05, 0) is 26.3 Å². The molecule has 0 radical (unpaired) electrons. The predicted octanol–water partition coefficient (Wildman–Crippen LogP) is -0.576. The molecule has 0 aromatic heterocycles. The number of nitrogens with one attached hydrogen (secondary N) is 2. The number of rotatable bonds is 6.